The molecule has 0 spiro atoms. The fraction of sp³-hybridized carbons (Fsp3) is 0.571. The molecule has 0 saturated heterocycles. The van der Waals surface area contributed by atoms with E-state index in [1.165, 1.54) is 5.56 Å². The van der Waals surface area contributed by atoms with E-state index < -0.39 is 0 Å². The highest BCUT2D eigenvalue weighted by Crippen LogP contribution is 2.32. The van der Waals surface area contributed by atoms with Crippen LogP contribution in [-0.4, -0.2) is 31.5 Å². The molecule has 1 aliphatic heterocycles. The number of ether oxygens (including phenoxy) is 2. The minimum atomic E-state index is 0.223. The molecule has 1 atom stereocenters. The summed E-state index contributed by atoms with van der Waals surface area (Å²) in [6, 6.07) is 6.32. The Hall–Kier alpha value is -1.26. The number of hydrogen-bond acceptors (Lipinski definition) is 4. The number of nitrogens with one attached hydrogen (secondary N) is 1. The Morgan fingerprint density at radius 2 is 2.06 bits per heavy atom. The van der Waals surface area contributed by atoms with Gasteiger partial charge in [-0.3, -0.25) is 0 Å². The summed E-state index contributed by atoms with van der Waals surface area (Å²) in [4.78, 5) is 0. The zero-order valence-electron chi connectivity index (χ0n) is 10.8. The summed E-state index contributed by atoms with van der Waals surface area (Å²) in [7, 11) is 0. The molecule has 0 fully saturated rings. The lowest BCUT2D eigenvalue weighted by Crippen LogP contribution is -2.20. The fourth-order valence-electron chi connectivity index (χ4n) is 1.96. The van der Waals surface area contributed by atoms with Gasteiger partial charge in [0.05, 0.1) is 13.2 Å². The van der Waals surface area contributed by atoms with Crippen molar-refractivity contribution in [1.82, 2.24) is 5.32 Å². The number of benzene rings is 1. The van der Waals surface area contributed by atoms with E-state index in [0.29, 0.717) is 6.61 Å². The molecule has 2 rings (SSSR count). The molecule has 2 N–H and O–H groups in total. The minimum Gasteiger partial charge on any atom is -0.490 e. The first-order chi connectivity index (χ1) is 8.81. The van der Waals surface area contributed by atoms with Crippen molar-refractivity contribution < 1.29 is 14.6 Å². The summed E-state index contributed by atoms with van der Waals surface area (Å²) < 4.78 is 11.3. The Balaban J connectivity index is 2.02. The van der Waals surface area contributed by atoms with E-state index in [4.69, 9.17) is 14.6 Å². The van der Waals surface area contributed by atoms with E-state index in [0.717, 1.165) is 37.5 Å². The molecule has 4 nitrogen and oxygen atoms in total. The quantitative estimate of drug-likeness (QED) is 0.785. The van der Waals surface area contributed by atoms with Crippen LogP contribution in [0, 0.1) is 0 Å². The normalized spacial score (nSPS) is 16.1. The van der Waals surface area contributed by atoms with Crippen LogP contribution in [0.1, 0.15) is 31.4 Å². The van der Waals surface area contributed by atoms with Crippen molar-refractivity contribution in [3.8, 4) is 11.5 Å². The standard InChI is InChI=1S/C14H21NO3/c1-11(15-6-2-7-16)12-4-5-13-14(10-12)18-9-3-8-17-13/h4-5,10-11,15-16H,2-3,6-9H2,1H3. The summed E-state index contributed by atoms with van der Waals surface area (Å²) in [6.07, 6.45) is 1.70. The molecule has 100 valence electrons. The molecule has 18 heavy (non-hydrogen) atoms. The van der Waals surface area contributed by atoms with Crippen LogP contribution in [0.4, 0.5) is 0 Å². The van der Waals surface area contributed by atoms with Crippen LogP contribution in [0.25, 0.3) is 0 Å². The van der Waals surface area contributed by atoms with Crippen LogP contribution >= 0.6 is 0 Å². The van der Waals surface area contributed by atoms with Crippen LogP contribution in [0.2, 0.25) is 0 Å². The second-order valence-electron chi connectivity index (χ2n) is 4.51. The lowest BCUT2D eigenvalue weighted by molar-refractivity contribution is 0.284. The predicted molar refractivity (Wildman–Crippen MR) is 70.2 cm³/mol. The highest BCUT2D eigenvalue weighted by atomic mass is 16.5. The van der Waals surface area contributed by atoms with Gasteiger partial charge in [0.25, 0.3) is 0 Å². The van der Waals surface area contributed by atoms with Gasteiger partial charge >= 0.3 is 0 Å². The highest BCUT2D eigenvalue weighted by molar-refractivity contribution is 5.44. The molecule has 0 radical (unpaired) electrons. The third-order valence-corrected chi connectivity index (χ3v) is 3.06. The van der Waals surface area contributed by atoms with E-state index >= 15 is 0 Å². The van der Waals surface area contributed by atoms with Crippen molar-refractivity contribution >= 4 is 0 Å². The molecule has 0 amide bonds. The van der Waals surface area contributed by atoms with Crippen molar-refractivity contribution in [3.63, 3.8) is 0 Å². The second-order valence-corrected chi connectivity index (χ2v) is 4.51. The first kappa shape index (κ1) is 13.2. The van der Waals surface area contributed by atoms with Gasteiger partial charge in [-0.1, -0.05) is 6.07 Å². The first-order valence-corrected chi connectivity index (χ1v) is 6.55. The van der Waals surface area contributed by atoms with Crippen molar-refractivity contribution in [3.05, 3.63) is 23.8 Å². The van der Waals surface area contributed by atoms with Gasteiger partial charge in [0, 0.05) is 19.1 Å². The van der Waals surface area contributed by atoms with Gasteiger partial charge in [-0.15, -0.1) is 0 Å². The molecular formula is C14H21NO3. The van der Waals surface area contributed by atoms with Gasteiger partial charge in [-0.25, -0.2) is 0 Å². The molecule has 0 bridgehead atoms. The lowest BCUT2D eigenvalue weighted by Gasteiger charge is -2.16. The third-order valence-electron chi connectivity index (χ3n) is 3.06. The molecule has 1 aliphatic rings. The lowest BCUT2D eigenvalue weighted by atomic mass is 10.1. The summed E-state index contributed by atoms with van der Waals surface area (Å²) in [5, 5.41) is 12.1. The first-order valence-electron chi connectivity index (χ1n) is 6.55. The maximum Gasteiger partial charge on any atom is 0.161 e. The molecule has 0 aliphatic carbocycles. The van der Waals surface area contributed by atoms with Crippen LogP contribution < -0.4 is 14.8 Å². The number of aliphatic hydroxyl groups is 1. The van der Waals surface area contributed by atoms with Gasteiger partial charge in [0.2, 0.25) is 0 Å². The predicted octanol–water partition coefficient (Wildman–Crippen LogP) is 1.88. The number of fused-ring (bicyclic) bond motifs is 1. The minimum absolute atomic E-state index is 0.223. The molecule has 0 saturated carbocycles. The maximum absolute atomic E-state index is 8.76. The largest absolute Gasteiger partial charge is 0.490 e. The van der Waals surface area contributed by atoms with Crippen LogP contribution in [0.5, 0.6) is 11.5 Å². The van der Waals surface area contributed by atoms with Crippen LogP contribution in [-0.2, 0) is 0 Å². The van der Waals surface area contributed by atoms with Crippen LogP contribution in [0.3, 0.4) is 0 Å². The third kappa shape index (κ3) is 3.37. The Labute approximate surface area is 108 Å². The Bertz CT molecular complexity index is 381. The van der Waals surface area contributed by atoms with Gasteiger partial charge in [-0.05, 0) is 37.6 Å². The summed E-state index contributed by atoms with van der Waals surface area (Å²) >= 11 is 0. The van der Waals surface area contributed by atoms with Gasteiger partial charge < -0.3 is 19.9 Å². The topological polar surface area (TPSA) is 50.7 Å². The average molecular weight is 251 g/mol. The average Bonchev–Trinajstić information content (AvgIpc) is 2.63. The molecule has 1 unspecified atom stereocenters. The molecule has 0 aromatic heterocycles. The fourth-order valence-corrected chi connectivity index (χ4v) is 1.96. The summed E-state index contributed by atoms with van der Waals surface area (Å²) in [5.74, 6) is 1.67. The summed E-state index contributed by atoms with van der Waals surface area (Å²) in [5.41, 5.74) is 1.18. The Kier molecular flexibility index (Phi) is 4.84. The number of hydrogen-bond donors (Lipinski definition) is 2. The van der Waals surface area contributed by atoms with Crippen molar-refractivity contribution in [1.29, 1.82) is 0 Å². The zero-order valence-corrected chi connectivity index (χ0v) is 10.8. The van der Waals surface area contributed by atoms with Crippen molar-refractivity contribution in [2.24, 2.45) is 0 Å². The Morgan fingerprint density at radius 1 is 1.28 bits per heavy atom. The van der Waals surface area contributed by atoms with E-state index in [9.17, 15) is 0 Å². The van der Waals surface area contributed by atoms with E-state index in [1.54, 1.807) is 0 Å². The summed E-state index contributed by atoms with van der Waals surface area (Å²) in [6.45, 7) is 4.57. The van der Waals surface area contributed by atoms with Gasteiger partial charge in [-0.2, -0.15) is 0 Å². The molecule has 1 aromatic carbocycles. The smallest absolute Gasteiger partial charge is 0.161 e. The van der Waals surface area contributed by atoms with Gasteiger partial charge in [0.1, 0.15) is 0 Å². The number of aliphatic hydroxyl groups excluding tert-OH is 1. The SMILES string of the molecule is CC(NCCCO)c1ccc2c(c1)OCCCO2. The van der Waals surface area contributed by atoms with E-state index in [2.05, 4.69) is 18.3 Å². The molecule has 4 heteroatoms. The van der Waals surface area contributed by atoms with E-state index in [1.807, 2.05) is 12.1 Å². The van der Waals surface area contributed by atoms with Crippen molar-refractivity contribution in [2.45, 2.75) is 25.8 Å². The van der Waals surface area contributed by atoms with Crippen molar-refractivity contribution in [2.75, 3.05) is 26.4 Å². The highest BCUT2D eigenvalue weighted by Gasteiger charge is 2.13. The van der Waals surface area contributed by atoms with Crippen LogP contribution in [0.15, 0.2) is 18.2 Å². The van der Waals surface area contributed by atoms with Gasteiger partial charge in [0.15, 0.2) is 11.5 Å². The van der Waals surface area contributed by atoms with E-state index in [-0.39, 0.29) is 12.6 Å². The Morgan fingerprint density at radius 3 is 2.83 bits per heavy atom. The molecule has 1 aromatic rings. The molecular weight excluding hydrogens is 230 g/mol. The zero-order chi connectivity index (χ0) is 12.8. The second kappa shape index (κ2) is 6.61. The maximum atomic E-state index is 8.76. The number of rotatable bonds is 5. The molecule has 1 heterocycles. The monoisotopic (exact) mass is 251 g/mol.